The zero-order valence-corrected chi connectivity index (χ0v) is 12.3. The molecule has 2 aromatic rings. The first kappa shape index (κ1) is 14.8. The zero-order valence-electron chi connectivity index (χ0n) is 12.3. The summed E-state index contributed by atoms with van der Waals surface area (Å²) in [6, 6.07) is 18.2. The Morgan fingerprint density at radius 1 is 1.00 bits per heavy atom. The number of benzene rings is 2. The molecule has 2 nitrogen and oxygen atoms in total. The van der Waals surface area contributed by atoms with Gasteiger partial charge in [-0.25, -0.2) is 0 Å². The lowest BCUT2D eigenvalue weighted by atomic mass is 9.96. The summed E-state index contributed by atoms with van der Waals surface area (Å²) in [5, 5.41) is 13.8. The van der Waals surface area contributed by atoms with Crippen LogP contribution in [0.4, 0.5) is 0 Å². The first-order valence-electron chi connectivity index (χ1n) is 7.13. The first-order chi connectivity index (χ1) is 9.59. The number of rotatable bonds is 6. The minimum Gasteiger partial charge on any atom is -0.384 e. The minimum absolute atomic E-state index is 0.558. The molecule has 0 spiro atoms. The number of aryl methyl sites for hydroxylation is 1. The van der Waals surface area contributed by atoms with Crippen molar-refractivity contribution in [3.8, 4) is 0 Å². The maximum absolute atomic E-state index is 10.5. The third-order valence-electron chi connectivity index (χ3n) is 3.70. The highest BCUT2D eigenvalue weighted by Gasteiger charge is 2.21. The van der Waals surface area contributed by atoms with Crippen LogP contribution in [0.25, 0.3) is 0 Å². The Kier molecular flexibility index (Phi) is 4.94. The fraction of sp³-hybridized carbons (Fsp3) is 0.333. The Balaban J connectivity index is 1.83. The van der Waals surface area contributed by atoms with Crippen LogP contribution in [0, 0.1) is 6.92 Å². The van der Waals surface area contributed by atoms with Crippen molar-refractivity contribution in [2.75, 3.05) is 13.1 Å². The van der Waals surface area contributed by atoms with Crippen molar-refractivity contribution in [1.82, 2.24) is 5.32 Å². The van der Waals surface area contributed by atoms with E-state index in [0.717, 1.165) is 18.5 Å². The van der Waals surface area contributed by atoms with Gasteiger partial charge in [-0.1, -0.05) is 54.6 Å². The van der Waals surface area contributed by atoms with Crippen LogP contribution in [0.3, 0.4) is 0 Å². The standard InChI is InChI=1S/C18H23NO/c1-15-8-6-7-9-16(15)12-13-19-14-18(2,20)17-10-4-3-5-11-17/h3-11,19-20H,12-14H2,1-2H3. The van der Waals surface area contributed by atoms with E-state index in [2.05, 4.69) is 36.5 Å². The van der Waals surface area contributed by atoms with E-state index in [1.54, 1.807) is 0 Å². The third kappa shape index (κ3) is 3.92. The topological polar surface area (TPSA) is 32.3 Å². The van der Waals surface area contributed by atoms with Crippen molar-refractivity contribution in [1.29, 1.82) is 0 Å². The Morgan fingerprint density at radius 2 is 1.65 bits per heavy atom. The molecule has 0 aliphatic rings. The van der Waals surface area contributed by atoms with Crippen LogP contribution in [0.5, 0.6) is 0 Å². The van der Waals surface area contributed by atoms with E-state index in [4.69, 9.17) is 0 Å². The second-order valence-electron chi connectivity index (χ2n) is 5.49. The summed E-state index contributed by atoms with van der Waals surface area (Å²) in [4.78, 5) is 0. The van der Waals surface area contributed by atoms with Crippen molar-refractivity contribution in [3.63, 3.8) is 0 Å². The molecular formula is C18H23NO. The smallest absolute Gasteiger partial charge is 0.0992 e. The lowest BCUT2D eigenvalue weighted by Crippen LogP contribution is -2.36. The quantitative estimate of drug-likeness (QED) is 0.790. The van der Waals surface area contributed by atoms with E-state index in [9.17, 15) is 5.11 Å². The van der Waals surface area contributed by atoms with Crippen molar-refractivity contribution >= 4 is 0 Å². The van der Waals surface area contributed by atoms with Crippen LogP contribution in [-0.2, 0) is 12.0 Å². The van der Waals surface area contributed by atoms with E-state index < -0.39 is 5.60 Å². The number of hydrogen-bond acceptors (Lipinski definition) is 2. The van der Waals surface area contributed by atoms with Crippen LogP contribution < -0.4 is 5.32 Å². The third-order valence-corrected chi connectivity index (χ3v) is 3.70. The summed E-state index contributed by atoms with van der Waals surface area (Å²) in [6.45, 7) is 5.41. The Hall–Kier alpha value is -1.64. The number of nitrogens with one attached hydrogen (secondary N) is 1. The second-order valence-corrected chi connectivity index (χ2v) is 5.49. The Labute approximate surface area is 121 Å². The lowest BCUT2D eigenvalue weighted by Gasteiger charge is -2.24. The van der Waals surface area contributed by atoms with E-state index in [1.807, 2.05) is 37.3 Å². The molecule has 0 saturated carbocycles. The average molecular weight is 269 g/mol. The summed E-state index contributed by atoms with van der Waals surface area (Å²) >= 11 is 0. The van der Waals surface area contributed by atoms with Crippen molar-refractivity contribution in [3.05, 3.63) is 71.3 Å². The predicted molar refractivity (Wildman–Crippen MR) is 83.8 cm³/mol. The monoisotopic (exact) mass is 269 g/mol. The van der Waals surface area contributed by atoms with Gasteiger partial charge in [0.15, 0.2) is 0 Å². The molecule has 0 aromatic heterocycles. The molecule has 0 aliphatic carbocycles. The molecule has 20 heavy (non-hydrogen) atoms. The largest absolute Gasteiger partial charge is 0.384 e. The van der Waals surface area contributed by atoms with E-state index in [0.29, 0.717) is 6.54 Å². The minimum atomic E-state index is -0.826. The predicted octanol–water partition coefficient (Wildman–Crippen LogP) is 3.03. The van der Waals surface area contributed by atoms with Gasteiger partial charge in [-0.3, -0.25) is 0 Å². The Morgan fingerprint density at radius 3 is 2.35 bits per heavy atom. The lowest BCUT2D eigenvalue weighted by molar-refractivity contribution is 0.0573. The Bertz CT molecular complexity index is 534. The highest BCUT2D eigenvalue weighted by molar-refractivity contribution is 5.26. The van der Waals surface area contributed by atoms with Crippen molar-refractivity contribution in [2.24, 2.45) is 0 Å². The maximum atomic E-state index is 10.5. The van der Waals surface area contributed by atoms with E-state index in [-0.39, 0.29) is 0 Å². The van der Waals surface area contributed by atoms with E-state index >= 15 is 0 Å². The van der Waals surface area contributed by atoms with Gasteiger partial charge in [0.25, 0.3) is 0 Å². The molecule has 106 valence electrons. The maximum Gasteiger partial charge on any atom is 0.0992 e. The molecule has 0 amide bonds. The molecule has 0 bridgehead atoms. The molecule has 0 aliphatic heterocycles. The molecule has 1 unspecified atom stereocenters. The van der Waals surface area contributed by atoms with Gasteiger partial charge in [0.1, 0.15) is 0 Å². The molecule has 2 N–H and O–H groups in total. The molecule has 2 aromatic carbocycles. The van der Waals surface area contributed by atoms with Crippen molar-refractivity contribution in [2.45, 2.75) is 25.9 Å². The molecule has 0 radical (unpaired) electrons. The van der Waals surface area contributed by atoms with Crippen LogP contribution >= 0.6 is 0 Å². The summed E-state index contributed by atoms with van der Waals surface area (Å²) in [5.41, 5.74) is 2.80. The summed E-state index contributed by atoms with van der Waals surface area (Å²) in [5.74, 6) is 0. The highest BCUT2D eigenvalue weighted by atomic mass is 16.3. The van der Waals surface area contributed by atoms with Crippen LogP contribution in [0.2, 0.25) is 0 Å². The second kappa shape index (κ2) is 6.69. The normalized spacial score (nSPS) is 13.9. The van der Waals surface area contributed by atoms with Crippen molar-refractivity contribution < 1.29 is 5.11 Å². The summed E-state index contributed by atoms with van der Waals surface area (Å²) in [6.07, 6.45) is 0.984. The molecule has 0 fully saturated rings. The fourth-order valence-electron chi connectivity index (χ4n) is 2.34. The molecule has 0 saturated heterocycles. The van der Waals surface area contributed by atoms with Gasteiger partial charge in [-0.15, -0.1) is 0 Å². The van der Waals surface area contributed by atoms with Gasteiger partial charge in [-0.05, 0) is 43.5 Å². The SMILES string of the molecule is Cc1ccccc1CCNCC(C)(O)c1ccccc1. The fourth-order valence-corrected chi connectivity index (χ4v) is 2.34. The van der Waals surface area contributed by atoms with Gasteiger partial charge in [0.2, 0.25) is 0 Å². The number of hydrogen-bond donors (Lipinski definition) is 2. The van der Waals surface area contributed by atoms with Gasteiger partial charge in [0, 0.05) is 6.54 Å². The molecular weight excluding hydrogens is 246 g/mol. The van der Waals surface area contributed by atoms with Crippen LogP contribution in [0.15, 0.2) is 54.6 Å². The van der Waals surface area contributed by atoms with Crippen LogP contribution in [-0.4, -0.2) is 18.2 Å². The van der Waals surface area contributed by atoms with Gasteiger partial charge >= 0.3 is 0 Å². The molecule has 2 heteroatoms. The summed E-state index contributed by atoms with van der Waals surface area (Å²) in [7, 11) is 0. The summed E-state index contributed by atoms with van der Waals surface area (Å²) < 4.78 is 0. The van der Waals surface area contributed by atoms with Gasteiger partial charge in [0.05, 0.1) is 5.60 Å². The molecule has 2 rings (SSSR count). The van der Waals surface area contributed by atoms with Gasteiger partial charge in [-0.2, -0.15) is 0 Å². The molecule has 0 heterocycles. The average Bonchev–Trinajstić information content (AvgIpc) is 2.46. The van der Waals surface area contributed by atoms with Crippen LogP contribution in [0.1, 0.15) is 23.6 Å². The molecule has 1 atom stereocenters. The first-order valence-corrected chi connectivity index (χ1v) is 7.13. The zero-order chi connectivity index (χ0) is 14.4. The van der Waals surface area contributed by atoms with E-state index in [1.165, 1.54) is 11.1 Å². The number of aliphatic hydroxyl groups is 1. The highest BCUT2D eigenvalue weighted by Crippen LogP contribution is 2.18. The van der Waals surface area contributed by atoms with Gasteiger partial charge < -0.3 is 10.4 Å².